The van der Waals surface area contributed by atoms with E-state index in [1.54, 1.807) is 0 Å². The van der Waals surface area contributed by atoms with Gasteiger partial charge in [-0.05, 0) is 12.5 Å². The Kier molecular flexibility index (Phi) is 5.71. The molecular formula is C11H18N4O3S. The minimum Gasteiger partial charge on any atom is -0.370 e. The topological polar surface area (TPSA) is 114 Å². The summed E-state index contributed by atoms with van der Waals surface area (Å²) >= 11 is 0. The molecule has 1 heterocycles. The maximum atomic E-state index is 11.9. The monoisotopic (exact) mass is 286 g/mol. The van der Waals surface area contributed by atoms with Crippen LogP contribution in [0.4, 0.5) is 5.82 Å². The number of primary amides is 1. The van der Waals surface area contributed by atoms with Crippen LogP contribution in [-0.4, -0.2) is 32.4 Å². The number of rotatable bonds is 8. The number of hydrogen-bond acceptors (Lipinski definition) is 5. The number of carbonyl (C=O) groups excluding carboxylic acids is 1. The van der Waals surface area contributed by atoms with Gasteiger partial charge in [0.05, 0.1) is 4.90 Å². The largest absolute Gasteiger partial charge is 0.370 e. The zero-order chi connectivity index (χ0) is 14.3. The molecule has 0 aliphatic heterocycles. The van der Waals surface area contributed by atoms with Gasteiger partial charge in [-0.2, -0.15) is 0 Å². The van der Waals surface area contributed by atoms with Crippen molar-refractivity contribution < 1.29 is 13.2 Å². The number of pyridine rings is 1. The van der Waals surface area contributed by atoms with Crippen molar-refractivity contribution in [1.29, 1.82) is 0 Å². The Hall–Kier alpha value is -1.67. The van der Waals surface area contributed by atoms with Gasteiger partial charge < -0.3 is 11.1 Å². The second-order valence-electron chi connectivity index (χ2n) is 3.92. The molecule has 0 unspecified atom stereocenters. The van der Waals surface area contributed by atoms with Gasteiger partial charge in [-0.25, -0.2) is 18.1 Å². The van der Waals surface area contributed by atoms with Gasteiger partial charge in [0.25, 0.3) is 0 Å². The Morgan fingerprint density at radius 2 is 2.16 bits per heavy atom. The van der Waals surface area contributed by atoms with Gasteiger partial charge in [0.15, 0.2) is 0 Å². The van der Waals surface area contributed by atoms with Crippen LogP contribution in [0.3, 0.4) is 0 Å². The van der Waals surface area contributed by atoms with Crippen LogP contribution in [0.25, 0.3) is 0 Å². The van der Waals surface area contributed by atoms with Crippen LogP contribution in [0, 0.1) is 0 Å². The van der Waals surface area contributed by atoms with E-state index < -0.39 is 15.9 Å². The molecule has 0 radical (unpaired) electrons. The maximum absolute atomic E-state index is 11.9. The fourth-order valence-corrected chi connectivity index (χ4v) is 2.36. The van der Waals surface area contributed by atoms with E-state index in [0.29, 0.717) is 12.4 Å². The summed E-state index contributed by atoms with van der Waals surface area (Å²) in [6.07, 6.45) is 2.29. The van der Waals surface area contributed by atoms with Crippen molar-refractivity contribution in [3.8, 4) is 0 Å². The lowest BCUT2D eigenvalue weighted by Gasteiger charge is -2.08. The van der Waals surface area contributed by atoms with Crippen LogP contribution in [0.1, 0.15) is 19.8 Å². The van der Waals surface area contributed by atoms with E-state index in [2.05, 4.69) is 15.0 Å². The van der Waals surface area contributed by atoms with E-state index in [9.17, 15) is 13.2 Å². The summed E-state index contributed by atoms with van der Waals surface area (Å²) in [5.41, 5.74) is 4.95. The Labute approximate surface area is 112 Å². The molecule has 8 heteroatoms. The third-order valence-electron chi connectivity index (χ3n) is 2.26. The maximum Gasteiger partial charge on any atom is 0.240 e. The summed E-state index contributed by atoms with van der Waals surface area (Å²) in [6.45, 7) is 2.70. The summed E-state index contributed by atoms with van der Waals surface area (Å²) in [6, 6.07) is 2.84. The summed E-state index contributed by atoms with van der Waals surface area (Å²) in [5.74, 6) is -0.0534. The van der Waals surface area contributed by atoms with Crippen LogP contribution in [-0.2, 0) is 14.8 Å². The molecule has 1 amide bonds. The number of aromatic nitrogens is 1. The molecule has 0 atom stereocenters. The van der Waals surface area contributed by atoms with Crippen molar-refractivity contribution in [3.63, 3.8) is 0 Å². The highest BCUT2D eigenvalue weighted by Gasteiger charge is 2.14. The van der Waals surface area contributed by atoms with E-state index in [1.165, 1.54) is 18.3 Å². The van der Waals surface area contributed by atoms with Crippen molar-refractivity contribution in [2.45, 2.75) is 24.7 Å². The third kappa shape index (κ3) is 5.23. The van der Waals surface area contributed by atoms with Gasteiger partial charge in [-0.15, -0.1) is 0 Å². The van der Waals surface area contributed by atoms with Crippen molar-refractivity contribution in [1.82, 2.24) is 9.71 Å². The first-order chi connectivity index (χ1) is 8.95. The average Bonchev–Trinajstić information content (AvgIpc) is 2.36. The van der Waals surface area contributed by atoms with E-state index in [0.717, 1.165) is 6.42 Å². The number of carbonyl (C=O) groups is 1. The molecule has 0 spiro atoms. The number of nitrogens with zero attached hydrogens (tertiary/aromatic N) is 1. The normalized spacial score (nSPS) is 11.2. The van der Waals surface area contributed by atoms with Gasteiger partial charge in [-0.3, -0.25) is 4.79 Å². The first-order valence-electron chi connectivity index (χ1n) is 5.93. The second-order valence-corrected chi connectivity index (χ2v) is 5.68. The fourth-order valence-electron chi connectivity index (χ4n) is 1.32. The molecule has 0 bridgehead atoms. The lowest BCUT2D eigenvalue weighted by Crippen LogP contribution is -2.28. The highest BCUT2D eigenvalue weighted by molar-refractivity contribution is 7.89. The summed E-state index contributed by atoms with van der Waals surface area (Å²) in [5, 5.41) is 3.00. The summed E-state index contributed by atoms with van der Waals surface area (Å²) in [4.78, 5) is 14.7. The Bertz CT molecular complexity index is 530. The summed E-state index contributed by atoms with van der Waals surface area (Å²) < 4.78 is 26.1. The molecule has 4 N–H and O–H groups in total. The molecule has 1 aromatic rings. The predicted octanol–water partition coefficient (Wildman–Crippen LogP) is 0.0572. The van der Waals surface area contributed by atoms with E-state index >= 15 is 0 Å². The lowest BCUT2D eigenvalue weighted by atomic mass is 10.4. The number of nitrogens with one attached hydrogen (secondary N) is 2. The number of nitrogens with two attached hydrogens (primary N) is 1. The molecule has 19 heavy (non-hydrogen) atoms. The van der Waals surface area contributed by atoms with Gasteiger partial charge in [0.1, 0.15) is 5.82 Å². The quantitative estimate of drug-likeness (QED) is 0.625. The van der Waals surface area contributed by atoms with Crippen molar-refractivity contribution in [2.75, 3.05) is 18.4 Å². The van der Waals surface area contributed by atoms with E-state index in [-0.39, 0.29) is 17.9 Å². The smallest absolute Gasteiger partial charge is 0.240 e. The highest BCUT2D eigenvalue weighted by atomic mass is 32.2. The van der Waals surface area contributed by atoms with Crippen LogP contribution in [0.5, 0.6) is 0 Å². The van der Waals surface area contributed by atoms with Crippen LogP contribution < -0.4 is 15.8 Å². The molecule has 0 saturated heterocycles. The Morgan fingerprint density at radius 1 is 1.42 bits per heavy atom. The predicted molar refractivity (Wildman–Crippen MR) is 72.0 cm³/mol. The SMILES string of the molecule is CCCNc1cc(S(=O)(=O)NCCC(N)=O)ccn1. The van der Waals surface area contributed by atoms with Gasteiger partial charge in [-0.1, -0.05) is 6.92 Å². The Balaban J connectivity index is 2.74. The zero-order valence-electron chi connectivity index (χ0n) is 10.7. The number of anilines is 1. The fraction of sp³-hybridized carbons (Fsp3) is 0.455. The molecule has 0 aliphatic rings. The molecular weight excluding hydrogens is 268 g/mol. The molecule has 0 aromatic carbocycles. The minimum atomic E-state index is -3.64. The number of sulfonamides is 1. The lowest BCUT2D eigenvalue weighted by molar-refractivity contribution is -0.117. The minimum absolute atomic E-state index is 0.0162. The van der Waals surface area contributed by atoms with E-state index in [4.69, 9.17) is 5.73 Å². The number of hydrogen-bond donors (Lipinski definition) is 3. The number of amides is 1. The van der Waals surface area contributed by atoms with Crippen LogP contribution in [0.15, 0.2) is 23.2 Å². The first-order valence-corrected chi connectivity index (χ1v) is 7.42. The van der Waals surface area contributed by atoms with Crippen LogP contribution >= 0.6 is 0 Å². The highest BCUT2D eigenvalue weighted by Crippen LogP contribution is 2.12. The third-order valence-corrected chi connectivity index (χ3v) is 3.72. The molecule has 1 aromatic heterocycles. The van der Waals surface area contributed by atoms with Gasteiger partial charge in [0.2, 0.25) is 15.9 Å². The molecule has 0 aliphatic carbocycles. The first kappa shape index (κ1) is 15.4. The second kappa shape index (κ2) is 7.05. The molecule has 0 saturated carbocycles. The molecule has 7 nitrogen and oxygen atoms in total. The summed E-state index contributed by atoms with van der Waals surface area (Å²) in [7, 11) is -3.64. The van der Waals surface area contributed by atoms with Gasteiger partial charge in [0, 0.05) is 31.8 Å². The van der Waals surface area contributed by atoms with Crippen molar-refractivity contribution in [3.05, 3.63) is 18.3 Å². The van der Waals surface area contributed by atoms with Crippen molar-refractivity contribution in [2.24, 2.45) is 5.73 Å². The average molecular weight is 286 g/mol. The molecule has 106 valence electrons. The zero-order valence-corrected chi connectivity index (χ0v) is 11.5. The van der Waals surface area contributed by atoms with Crippen LogP contribution in [0.2, 0.25) is 0 Å². The van der Waals surface area contributed by atoms with Crippen molar-refractivity contribution >= 4 is 21.7 Å². The van der Waals surface area contributed by atoms with Gasteiger partial charge >= 0.3 is 0 Å². The Morgan fingerprint density at radius 3 is 2.79 bits per heavy atom. The van der Waals surface area contributed by atoms with E-state index in [1.807, 2.05) is 6.92 Å². The standard InChI is InChI=1S/C11H18N4O3S/c1-2-5-13-11-8-9(3-6-14-11)19(17,18)15-7-4-10(12)16/h3,6,8,15H,2,4-5,7H2,1H3,(H2,12,16)(H,13,14). The molecule has 0 fully saturated rings. The molecule has 1 rings (SSSR count).